The van der Waals surface area contributed by atoms with E-state index in [4.69, 9.17) is 16.3 Å². The molecule has 4 rings (SSSR count). The van der Waals surface area contributed by atoms with Crippen LogP contribution in [0.2, 0.25) is 0 Å². The molecule has 0 saturated carbocycles. The molecule has 0 unspecified atom stereocenters. The van der Waals surface area contributed by atoms with Gasteiger partial charge in [-0.05, 0) is 54.6 Å². The van der Waals surface area contributed by atoms with Crippen LogP contribution in [-0.2, 0) is 4.74 Å². The summed E-state index contributed by atoms with van der Waals surface area (Å²) in [5.41, 5.74) is 1.08. The van der Waals surface area contributed by atoms with E-state index in [0.717, 1.165) is 27.1 Å². The fourth-order valence-corrected chi connectivity index (χ4v) is 4.03. The monoisotopic (exact) mass is 383 g/mol. The second kappa shape index (κ2) is 6.31. The normalized spacial score (nSPS) is 16.7. The third kappa shape index (κ3) is 3.08. The van der Waals surface area contributed by atoms with Gasteiger partial charge in [0.15, 0.2) is 0 Å². The minimum absolute atomic E-state index is 0.0153. The lowest BCUT2D eigenvalue weighted by atomic mass is 9.93. The Morgan fingerprint density at radius 1 is 1.19 bits per heavy atom. The van der Waals surface area contributed by atoms with Gasteiger partial charge in [0.2, 0.25) is 0 Å². The second-order valence-electron chi connectivity index (χ2n) is 8.02. The maximum atomic E-state index is 12.7. The average molecular weight is 384 g/mol. The molecule has 4 nitrogen and oxygen atoms in total. The van der Waals surface area contributed by atoms with Gasteiger partial charge in [-0.1, -0.05) is 24.3 Å². The first-order valence-corrected chi connectivity index (χ1v) is 9.57. The van der Waals surface area contributed by atoms with Crippen LogP contribution in [0.25, 0.3) is 21.5 Å². The SMILES string of the molecule is CC(C)(C)OC(=O)N1C[C@@H](CCl)c2c1cc(O)c1cc3ccccc3cc21. The molecule has 5 heteroatoms. The Bertz CT molecular complexity index is 1050. The highest BCUT2D eigenvalue weighted by molar-refractivity contribution is 6.19. The molecule has 3 aromatic rings. The Morgan fingerprint density at radius 3 is 2.41 bits per heavy atom. The number of phenols is 1. The molecule has 1 N–H and O–H groups in total. The smallest absolute Gasteiger partial charge is 0.414 e. The first-order valence-electron chi connectivity index (χ1n) is 9.03. The average Bonchev–Trinajstić information content (AvgIpc) is 2.98. The zero-order chi connectivity index (χ0) is 19.3. The first kappa shape index (κ1) is 17.9. The number of anilines is 1. The molecular formula is C22H22ClNO3. The molecule has 0 aromatic heterocycles. The zero-order valence-electron chi connectivity index (χ0n) is 15.6. The number of carbonyl (C=O) groups is 1. The van der Waals surface area contributed by atoms with Gasteiger partial charge in [0.25, 0.3) is 0 Å². The van der Waals surface area contributed by atoms with Gasteiger partial charge >= 0.3 is 6.09 Å². The number of ether oxygens (including phenoxy) is 1. The van der Waals surface area contributed by atoms with Crippen LogP contribution in [0.5, 0.6) is 5.75 Å². The summed E-state index contributed by atoms with van der Waals surface area (Å²) < 4.78 is 5.56. The lowest BCUT2D eigenvalue weighted by Crippen LogP contribution is -2.36. The number of phenolic OH excluding ortho intramolecular Hbond substituents is 1. The van der Waals surface area contributed by atoms with Crippen molar-refractivity contribution < 1.29 is 14.6 Å². The topological polar surface area (TPSA) is 49.8 Å². The van der Waals surface area contributed by atoms with Crippen molar-refractivity contribution in [2.45, 2.75) is 32.3 Å². The van der Waals surface area contributed by atoms with Crippen LogP contribution in [-0.4, -0.2) is 29.2 Å². The molecule has 1 aliphatic heterocycles. The standard InChI is InChI=1S/C22H22ClNO3/c1-22(2,3)27-21(26)24-12-15(11-23)20-17-9-14-7-5-4-6-13(14)8-16(17)19(25)10-18(20)24/h4-10,15,25H,11-12H2,1-3H3/t15-/m1/s1. The van der Waals surface area contributed by atoms with Gasteiger partial charge in [-0.3, -0.25) is 4.90 Å². The summed E-state index contributed by atoms with van der Waals surface area (Å²) in [6.45, 7) is 5.96. The zero-order valence-corrected chi connectivity index (χ0v) is 16.4. The first-order chi connectivity index (χ1) is 12.8. The van der Waals surface area contributed by atoms with Crippen LogP contribution < -0.4 is 4.90 Å². The lowest BCUT2D eigenvalue weighted by Gasteiger charge is -2.25. The van der Waals surface area contributed by atoms with Gasteiger partial charge in [0.1, 0.15) is 11.4 Å². The van der Waals surface area contributed by atoms with E-state index in [1.165, 1.54) is 0 Å². The molecule has 3 aromatic carbocycles. The Kier molecular flexibility index (Phi) is 4.19. The molecule has 0 saturated heterocycles. The van der Waals surface area contributed by atoms with E-state index >= 15 is 0 Å². The number of hydrogen-bond donors (Lipinski definition) is 1. The molecule has 27 heavy (non-hydrogen) atoms. The Balaban J connectivity index is 1.93. The summed E-state index contributed by atoms with van der Waals surface area (Å²) in [5, 5.41) is 14.5. The molecule has 0 fully saturated rings. The predicted octanol–water partition coefficient (Wildman–Crippen LogP) is 5.78. The number of carbonyl (C=O) groups excluding carboxylic acids is 1. The van der Waals surface area contributed by atoms with Crippen molar-refractivity contribution in [3.8, 4) is 5.75 Å². The van der Waals surface area contributed by atoms with Gasteiger partial charge in [-0.25, -0.2) is 4.79 Å². The number of rotatable bonds is 1. The van der Waals surface area contributed by atoms with Crippen molar-refractivity contribution in [3.63, 3.8) is 0 Å². The second-order valence-corrected chi connectivity index (χ2v) is 8.32. The number of hydrogen-bond acceptors (Lipinski definition) is 3. The van der Waals surface area contributed by atoms with Crippen LogP contribution >= 0.6 is 11.6 Å². The summed E-state index contributed by atoms with van der Waals surface area (Å²) >= 11 is 6.26. The summed E-state index contributed by atoms with van der Waals surface area (Å²) in [5.74, 6) is 0.524. The van der Waals surface area contributed by atoms with Gasteiger partial charge < -0.3 is 9.84 Å². The minimum atomic E-state index is -0.592. The van der Waals surface area contributed by atoms with Gasteiger partial charge in [-0.2, -0.15) is 0 Å². The van der Waals surface area contributed by atoms with Crippen molar-refractivity contribution in [3.05, 3.63) is 48.0 Å². The Morgan fingerprint density at radius 2 is 1.81 bits per heavy atom. The third-order valence-corrected chi connectivity index (χ3v) is 5.28. The number of amides is 1. The number of aromatic hydroxyl groups is 1. The molecule has 0 radical (unpaired) electrons. The quantitative estimate of drug-likeness (QED) is 0.428. The van der Waals surface area contributed by atoms with E-state index < -0.39 is 11.7 Å². The lowest BCUT2D eigenvalue weighted by molar-refractivity contribution is 0.0582. The van der Waals surface area contributed by atoms with E-state index in [9.17, 15) is 9.90 Å². The third-order valence-electron chi connectivity index (χ3n) is 4.90. The largest absolute Gasteiger partial charge is 0.507 e. The Labute approximate surface area is 163 Å². The summed E-state index contributed by atoms with van der Waals surface area (Å²) in [6.07, 6.45) is -0.420. The highest BCUT2D eigenvalue weighted by Crippen LogP contribution is 2.46. The van der Waals surface area contributed by atoms with Crippen molar-refractivity contribution in [1.29, 1.82) is 0 Å². The molecule has 1 amide bonds. The Hall–Kier alpha value is -2.46. The number of nitrogens with zero attached hydrogens (tertiary/aromatic N) is 1. The van der Waals surface area contributed by atoms with Gasteiger partial charge in [-0.15, -0.1) is 11.6 Å². The molecule has 0 spiro atoms. The maximum absolute atomic E-state index is 12.7. The summed E-state index contributed by atoms with van der Waals surface area (Å²) in [7, 11) is 0. The molecule has 0 aliphatic carbocycles. The molecule has 0 bridgehead atoms. The minimum Gasteiger partial charge on any atom is -0.507 e. The van der Waals surface area contributed by atoms with Crippen molar-refractivity contribution in [2.24, 2.45) is 0 Å². The highest BCUT2D eigenvalue weighted by Gasteiger charge is 2.36. The van der Waals surface area contributed by atoms with Crippen molar-refractivity contribution in [1.82, 2.24) is 0 Å². The van der Waals surface area contributed by atoms with Crippen LogP contribution in [0.15, 0.2) is 42.5 Å². The van der Waals surface area contributed by atoms with Crippen molar-refractivity contribution in [2.75, 3.05) is 17.3 Å². The fraction of sp³-hybridized carbons (Fsp3) is 0.318. The van der Waals surface area contributed by atoms with Gasteiger partial charge in [0, 0.05) is 29.8 Å². The van der Waals surface area contributed by atoms with E-state index in [2.05, 4.69) is 6.07 Å². The summed E-state index contributed by atoms with van der Waals surface area (Å²) in [4.78, 5) is 14.3. The van der Waals surface area contributed by atoms with E-state index in [1.54, 1.807) is 11.0 Å². The van der Waals surface area contributed by atoms with Crippen LogP contribution in [0.4, 0.5) is 10.5 Å². The van der Waals surface area contributed by atoms with Crippen LogP contribution in [0, 0.1) is 0 Å². The molecule has 140 valence electrons. The van der Waals surface area contributed by atoms with E-state index in [-0.39, 0.29) is 11.7 Å². The van der Waals surface area contributed by atoms with E-state index in [0.29, 0.717) is 18.1 Å². The highest BCUT2D eigenvalue weighted by atomic mass is 35.5. The van der Waals surface area contributed by atoms with Crippen molar-refractivity contribution >= 4 is 44.9 Å². The number of fused-ring (bicyclic) bond motifs is 4. The maximum Gasteiger partial charge on any atom is 0.414 e. The molecule has 1 atom stereocenters. The summed E-state index contributed by atoms with van der Waals surface area (Å²) in [6, 6.07) is 13.7. The predicted molar refractivity (Wildman–Crippen MR) is 110 cm³/mol. The van der Waals surface area contributed by atoms with Crippen LogP contribution in [0.3, 0.4) is 0 Å². The van der Waals surface area contributed by atoms with E-state index in [1.807, 2.05) is 51.1 Å². The number of alkyl halides is 1. The van der Waals surface area contributed by atoms with Gasteiger partial charge in [0.05, 0.1) is 5.69 Å². The molecule has 1 aliphatic rings. The number of halogens is 1. The van der Waals surface area contributed by atoms with Crippen LogP contribution in [0.1, 0.15) is 32.3 Å². The number of benzene rings is 3. The molecular weight excluding hydrogens is 362 g/mol. The fourth-order valence-electron chi connectivity index (χ4n) is 3.78. The molecule has 1 heterocycles.